The van der Waals surface area contributed by atoms with Crippen LogP contribution < -0.4 is 0 Å². The van der Waals surface area contributed by atoms with Crippen molar-refractivity contribution in [3.63, 3.8) is 0 Å². The number of methoxy groups -OCH3 is 1. The Kier molecular flexibility index (Phi) is 6.43. The van der Waals surface area contributed by atoms with Gasteiger partial charge in [-0.15, -0.1) is 0 Å². The van der Waals surface area contributed by atoms with Crippen LogP contribution in [-0.4, -0.2) is 77.3 Å². The van der Waals surface area contributed by atoms with Crippen molar-refractivity contribution in [2.24, 2.45) is 28.1 Å². The van der Waals surface area contributed by atoms with Gasteiger partial charge in [-0.1, -0.05) is 32.4 Å². The lowest BCUT2D eigenvalue weighted by atomic mass is 9.33. The normalized spacial score (nSPS) is 52.5. The van der Waals surface area contributed by atoms with Crippen LogP contribution in [0.25, 0.3) is 0 Å². The summed E-state index contributed by atoms with van der Waals surface area (Å²) in [6, 6.07) is 1.78. The van der Waals surface area contributed by atoms with E-state index < -0.39 is 92.7 Å². The van der Waals surface area contributed by atoms with Crippen LogP contribution in [0.3, 0.4) is 0 Å². The summed E-state index contributed by atoms with van der Waals surface area (Å²) in [6.07, 6.45) is 2.95. The average Bonchev–Trinajstić information content (AvgIpc) is 3.72. The first-order valence-electron chi connectivity index (χ1n) is 17.0. The summed E-state index contributed by atoms with van der Waals surface area (Å²) in [5.74, 6) is -4.38. The zero-order valence-corrected chi connectivity index (χ0v) is 28.9. The van der Waals surface area contributed by atoms with Crippen LogP contribution in [0, 0.1) is 28.1 Å². The monoisotopic (exact) mass is 670 g/mol. The van der Waals surface area contributed by atoms with Crippen LogP contribution in [0.1, 0.15) is 92.2 Å². The number of ether oxygens (including phenoxy) is 7. The molecular formula is C36H46O12. The van der Waals surface area contributed by atoms with Crippen LogP contribution in [0.15, 0.2) is 34.7 Å². The summed E-state index contributed by atoms with van der Waals surface area (Å²) < 4.78 is 51.5. The molecule has 3 saturated heterocycles. The van der Waals surface area contributed by atoms with Crippen molar-refractivity contribution in [2.45, 2.75) is 127 Å². The second-order valence-corrected chi connectivity index (χ2v) is 16.1. The zero-order chi connectivity index (χ0) is 34.5. The lowest BCUT2D eigenvalue weighted by Gasteiger charge is -2.77. The van der Waals surface area contributed by atoms with E-state index in [-0.39, 0.29) is 19.4 Å². The number of carbonyl (C=O) groups is 3. The van der Waals surface area contributed by atoms with Gasteiger partial charge in [0.2, 0.25) is 0 Å². The van der Waals surface area contributed by atoms with E-state index >= 15 is 0 Å². The van der Waals surface area contributed by atoms with Crippen molar-refractivity contribution >= 4 is 17.9 Å². The van der Waals surface area contributed by atoms with Crippen molar-refractivity contribution < 1.29 is 57.1 Å². The molecule has 12 nitrogen and oxygen atoms in total. The molecule has 13 atom stereocenters. The van der Waals surface area contributed by atoms with E-state index in [1.807, 2.05) is 40.7 Å². The Balaban J connectivity index is 1.44. The van der Waals surface area contributed by atoms with Gasteiger partial charge >= 0.3 is 17.9 Å². The molecule has 7 fully saturated rings. The highest BCUT2D eigenvalue weighted by atomic mass is 16.9. The highest BCUT2D eigenvalue weighted by molar-refractivity contribution is 5.73. The van der Waals surface area contributed by atoms with Gasteiger partial charge in [0.25, 0.3) is 5.97 Å². The third-order valence-electron chi connectivity index (χ3n) is 14.2. The van der Waals surface area contributed by atoms with Gasteiger partial charge in [0, 0.05) is 48.0 Å². The molecule has 12 heteroatoms. The number of fused-ring (bicyclic) bond motifs is 3. The van der Waals surface area contributed by atoms with Gasteiger partial charge in [-0.2, -0.15) is 0 Å². The maximum absolute atomic E-state index is 13.7. The van der Waals surface area contributed by atoms with Crippen molar-refractivity contribution in [1.29, 1.82) is 0 Å². The molecule has 0 radical (unpaired) electrons. The molecule has 4 aliphatic carbocycles. The predicted molar refractivity (Wildman–Crippen MR) is 163 cm³/mol. The zero-order valence-electron chi connectivity index (χ0n) is 28.9. The minimum absolute atomic E-state index is 0.00282. The Morgan fingerprint density at radius 1 is 1.06 bits per heavy atom. The maximum Gasteiger partial charge on any atom is 0.306 e. The summed E-state index contributed by atoms with van der Waals surface area (Å²) in [7, 11) is 1.36. The molecule has 262 valence electrons. The van der Waals surface area contributed by atoms with E-state index in [9.17, 15) is 19.5 Å². The van der Waals surface area contributed by atoms with Gasteiger partial charge in [0.1, 0.15) is 35.1 Å². The standard InChI is InChI=1S/C36H46O12/c1-9-19(2)16-43-28-30(5)18-34-31(6,22(30)14-24(38)41-8)33-12-11-29(4)23(15-25(39)44-26(29)21-10-13-42-17-21)35(33,48-32(7,46-33)47-34)27(40)36(28,34)45-20(3)37/h9-10,13,17,22-23,26-28,40H,11-12,14-16,18H2,1-8H3/b19-9+/t22-,23+,26-,27-,28-,29+,30+,31-,32+,33-,34+,35+,36+/m0/s1. The largest absolute Gasteiger partial charge is 0.472 e. The number of hydrogen-bond acceptors (Lipinski definition) is 12. The molecule has 48 heavy (non-hydrogen) atoms. The van der Waals surface area contributed by atoms with E-state index in [1.54, 1.807) is 19.3 Å². The van der Waals surface area contributed by atoms with Crippen LogP contribution in [0.4, 0.5) is 0 Å². The Bertz CT molecular complexity index is 1620. The summed E-state index contributed by atoms with van der Waals surface area (Å²) in [4.78, 5) is 40.5. The average molecular weight is 671 g/mol. The third kappa shape index (κ3) is 3.20. The maximum atomic E-state index is 13.7. The van der Waals surface area contributed by atoms with E-state index in [4.69, 9.17) is 37.6 Å². The molecule has 0 amide bonds. The number of aliphatic hydroxyl groups is 1. The first-order chi connectivity index (χ1) is 22.5. The van der Waals surface area contributed by atoms with Crippen molar-refractivity contribution in [2.75, 3.05) is 13.7 Å². The van der Waals surface area contributed by atoms with Gasteiger partial charge in [-0.3, -0.25) is 14.4 Å². The van der Waals surface area contributed by atoms with Crippen molar-refractivity contribution in [1.82, 2.24) is 0 Å². The molecule has 4 bridgehead atoms. The fourth-order valence-corrected chi connectivity index (χ4v) is 12.7. The van der Waals surface area contributed by atoms with Gasteiger partial charge < -0.3 is 42.7 Å². The molecular weight excluding hydrogens is 624 g/mol. The molecule has 2 spiro atoms. The summed E-state index contributed by atoms with van der Waals surface area (Å²) >= 11 is 0. The Morgan fingerprint density at radius 2 is 1.79 bits per heavy atom. The molecule has 7 aliphatic rings. The van der Waals surface area contributed by atoms with Crippen LogP contribution in [-0.2, 0) is 47.5 Å². The first kappa shape index (κ1) is 32.4. The highest BCUT2D eigenvalue weighted by Gasteiger charge is 3.04. The van der Waals surface area contributed by atoms with Crippen molar-refractivity contribution in [3.05, 3.63) is 35.8 Å². The highest BCUT2D eigenvalue weighted by Crippen LogP contribution is 2.90. The second kappa shape index (κ2) is 9.51. The summed E-state index contributed by atoms with van der Waals surface area (Å²) in [6.45, 7) is 13.1. The molecule has 0 aromatic carbocycles. The van der Waals surface area contributed by atoms with E-state index in [0.29, 0.717) is 24.8 Å². The number of allylic oxidation sites excluding steroid dienone is 1. The van der Waals surface area contributed by atoms with Gasteiger partial charge in [-0.05, 0) is 45.1 Å². The lowest BCUT2D eigenvalue weighted by Crippen LogP contribution is -2.93. The summed E-state index contributed by atoms with van der Waals surface area (Å²) in [5.41, 5.74) is -7.28. The van der Waals surface area contributed by atoms with E-state index in [1.165, 1.54) is 20.3 Å². The molecule has 8 rings (SSSR count). The molecule has 4 saturated carbocycles. The molecule has 1 aromatic rings. The van der Waals surface area contributed by atoms with E-state index in [2.05, 4.69) is 0 Å². The van der Waals surface area contributed by atoms with Gasteiger partial charge in [0.05, 0.1) is 32.7 Å². The van der Waals surface area contributed by atoms with Gasteiger partial charge in [0.15, 0.2) is 5.60 Å². The lowest BCUT2D eigenvalue weighted by molar-refractivity contribution is -0.478. The number of rotatable bonds is 7. The number of cyclic esters (lactones) is 1. The molecule has 0 unspecified atom stereocenters. The van der Waals surface area contributed by atoms with E-state index in [0.717, 1.165) is 5.57 Å². The fourth-order valence-electron chi connectivity index (χ4n) is 12.7. The molecule has 4 heterocycles. The smallest absolute Gasteiger partial charge is 0.306 e. The third-order valence-corrected chi connectivity index (χ3v) is 14.2. The number of carbonyl (C=O) groups excluding carboxylic acids is 3. The topological polar surface area (TPSA) is 149 Å². The Labute approximate surface area is 279 Å². The molecule has 3 aliphatic heterocycles. The first-order valence-corrected chi connectivity index (χ1v) is 17.0. The van der Waals surface area contributed by atoms with Crippen LogP contribution in [0.5, 0.6) is 0 Å². The second-order valence-electron chi connectivity index (χ2n) is 16.1. The SMILES string of the molecule is C/C=C(\C)CO[C@H]1[C@]2(C)C[C@@]34O[C@]5(C)O[C@]6([C@@H]7CC(=O)O[C@@H](c8ccoc8)[C@]7(C)CC[C@]6(O5)[C@]3(C)[C@H]2CC(=O)OC)[C@H](O)[C@@]14OC(C)=O. The molecule has 1 N–H and O–H groups in total. The van der Waals surface area contributed by atoms with Crippen LogP contribution in [0.2, 0.25) is 0 Å². The summed E-state index contributed by atoms with van der Waals surface area (Å²) in [5, 5.41) is 13.4. The Hall–Kier alpha value is -2.77. The predicted octanol–water partition coefficient (Wildman–Crippen LogP) is 4.29. The minimum atomic E-state index is -1.81. The minimum Gasteiger partial charge on any atom is -0.472 e. The number of hydrogen-bond donors (Lipinski definition) is 1. The van der Waals surface area contributed by atoms with Crippen molar-refractivity contribution in [3.8, 4) is 0 Å². The fraction of sp³-hybridized carbons (Fsp3) is 0.750. The quantitative estimate of drug-likeness (QED) is 0.251. The number of aliphatic hydroxyl groups excluding tert-OH is 1. The Morgan fingerprint density at radius 3 is 2.44 bits per heavy atom. The number of furan rings is 1. The number of esters is 3. The molecule has 1 aromatic heterocycles. The van der Waals surface area contributed by atoms with Crippen LogP contribution >= 0.6 is 0 Å². The van der Waals surface area contributed by atoms with Gasteiger partial charge in [-0.25, -0.2) is 0 Å².